The molecule has 0 bridgehead atoms. The highest BCUT2D eigenvalue weighted by atomic mass is 16.5. The Bertz CT molecular complexity index is 823. The van der Waals surface area contributed by atoms with E-state index in [2.05, 4.69) is 0 Å². The minimum atomic E-state index is -0.808. The quantitative estimate of drug-likeness (QED) is 0.694. The van der Waals surface area contributed by atoms with Crippen LogP contribution in [0, 0.1) is 0 Å². The molecule has 3 aromatic rings. The molecular weight excluding hydrogens is 312 g/mol. The van der Waals surface area contributed by atoms with E-state index in [9.17, 15) is 4.79 Å². The van der Waals surface area contributed by atoms with Crippen molar-refractivity contribution < 1.29 is 14.6 Å². The van der Waals surface area contributed by atoms with Gasteiger partial charge in [-0.25, -0.2) is 0 Å². The van der Waals surface area contributed by atoms with Gasteiger partial charge in [0.05, 0.1) is 6.42 Å². The molecule has 0 aromatic heterocycles. The van der Waals surface area contributed by atoms with E-state index in [1.165, 1.54) is 0 Å². The fourth-order valence-corrected chi connectivity index (χ4v) is 2.73. The predicted octanol–water partition coefficient (Wildman–Crippen LogP) is 4.48. The van der Waals surface area contributed by atoms with Crippen LogP contribution in [0.15, 0.2) is 78.9 Å². The molecule has 0 spiro atoms. The summed E-state index contributed by atoms with van der Waals surface area (Å²) in [5.74, 6) is 0.0172. The predicted molar refractivity (Wildman–Crippen MR) is 97.8 cm³/mol. The Morgan fingerprint density at radius 3 is 2.08 bits per heavy atom. The molecule has 25 heavy (non-hydrogen) atoms. The second-order valence-electron chi connectivity index (χ2n) is 5.93. The lowest BCUT2D eigenvalue weighted by molar-refractivity contribution is -0.136. The van der Waals surface area contributed by atoms with E-state index < -0.39 is 5.97 Å². The average molecular weight is 332 g/mol. The molecule has 0 amide bonds. The van der Waals surface area contributed by atoms with Crippen LogP contribution < -0.4 is 4.74 Å². The Labute approximate surface area is 147 Å². The summed E-state index contributed by atoms with van der Waals surface area (Å²) in [5.41, 5.74) is 4.17. The number of carbonyl (C=O) groups is 1. The van der Waals surface area contributed by atoms with Crippen molar-refractivity contribution in [3.05, 3.63) is 101 Å². The molecule has 0 aliphatic heterocycles. The Morgan fingerprint density at radius 2 is 1.40 bits per heavy atom. The van der Waals surface area contributed by atoms with Crippen LogP contribution in [0.25, 0.3) is 0 Å². The van der Waals surface area contributed by atoms with E-state index in [1.54, 1.807) is 0 Å². The van der Waals surface area contributed by atoms with Crippen LogP contribution in [-0.2, 0) is 24.2 Å². The van der Waals surface area contributed by atoms with Crippen LogP contribution in [0.1, 0.15) is 22.3 Å². The van der Waals surface area contributed by atoms with Gasteiger partial charge in [0.2, 0.25) is 0 Å². The normalized spacial score (nSPS) is 10.4. The molecule has 3 rings (SSSR count). The van der Waals surface area contributed by atoms with Crippen molar-refractivity contribution in [2.75, 3.05) is 0 Å². The third-order valence-electron chi connectivity index (χ3n) is 4.03. The maximum atomic E-state index is 11.0. The first-order valence-electron chi connectivity index (χ1n) is 8.25. The smallest absolute Gasteiger partial charge is 0.307 e. The van der Waals surface area contributed by atoms with Gasteiger partial charge in [0.15, 0.2) is 0 Å². The van der Waals surface area contributed by atoms with Crippen molar-refractivity contribution in [2.24, 2.45) is 0 Å². The molecular formula is C22H20O3. The fourth-order valence-electron chi connectivity index (χ4n) is 2.73. The number of aliphatic carboxylic acids is 1. The molecule has 0 aliphatic rings. The Kier molecular flexibility index (Phi) is 5.47. The van der Waals surface area contributed by atoms with E-state index >= 15 is 0 Å². The molecule has 0 heterocycles. The zero-order valence-electron chi connectivity index (χ0n) is 13.9. The summed E-state index contributed by atoms with van der Waals surface area (Å²) in [6, 6.07) is 25.7. The van der Waals surface area contributed by atoms with Gasteiger partial charge in [0.1, 0.15) is 12.4 Å². The van der Waals surface area contributed by atoms with Gasteiger partial charge < -0.3 is 9.84 Å². The summed E-state index contributed by atoms with van der Waals surface area (Å²) in [4.78, 5) is 11.0. The zero-order chi connectivity index (χ0) is 17.5. The molecule has 0 radical (unpaired) electrons. The summed E-state index contributed by atoms with van der Waals surface area (Å²) in [6.07, 6.45) is 0.761. The molecule has 3 nitrogen and oxygen atoms in total. The van der Waals surface area contributed by atoms with Crippen LogP contribution in [-0.4, -0.2) is 11.1 Å². The summed E-state index contributed by atoms with van der Waals surface area (Å²) < 4.78 is 5.80. The number of carboxylic acids is 1. The number of carboxylic acid groups (broad SMARTS) is 1. The number of hydrogen-bond acceptors (Lipinski definition) is 2. The van der Waals surface area contributed by atoms with Gasteiger partial charge >= 0.3 is 5.97 Å². The van der Waals surface area contributed by atoms with Gasteiger partial charge in [-0.2, -0.15) is 0 Å². The molecule has 0 saturated heterocycles. The molecule has 0 unspecified atom stereocenters. The second-order valence-corrected chi connectivity index (χ2v) is 5.93. The van der Waals surface area contributed by atoms with Crippen LogP contribution >= 0.6 is 0 Å². The van der Waals surface area contributed by atoms with Gasteiger partial charge in [-0.3, -0.25) is 4.79 Å². The number of ether oxygens (including phenoxy) is 1. The minimum Gasteiger partial charge on any atom is -0.489 e. The van der Waals surface area contributed by atoms with E-state index in [1.807, 2.05) is 78.9 Å². The van der Waals surface area contributed by atoms with E-state index in [0.717, 1.165) is 28.0 Å². The Hall–Kier alpha value is -3.07. The van der Waals surface area contributed by atoms with Crippen molar-refractivity contribution in [3.8, 4) is 5.75 Å². The molecule has 0 aliphatic carbocycles. The lowest BCUT2D eigenvalue weighted by Gasteiger charge is -2.10. The molecule has 3 heteroatoms. The highest BCUT2D eigenvalue weighted by Gasteiger charge is 2.07. The molecule has 126 valence electrons. The molecule has 1 N–H and O–H groups in total. The van der Waals surface area contributed by atoms with E-state index in [-0.39, 0.29) is 6.42 Å². The highest BCUT2D eigenvalue weighted by molar-refractivity contribution is 5.70. The van der Waals surface area contributed by atoms with Crippen LogP contribution in [0.5, 0.6) is 5.75 Å². The van der Waals surface area contributed by atoms with Crippen molar-refractivity contribution >= 4 is 5.97 Å². The Morgan fingerprint density at radius 1 is 0.760 bits per heavy atom. The van der Waals surface area contributed by atoms with Crippen molar-refractivity contribution in [2.45, 2.75) is 19.4 Å². The minimum absolute atomic E-state index is 0.0500. The first kappa shape index (κ1) is 16.8. The second kappa shape index (κ2) is 8.15. The summed E-state index contributed by atoms with van der Waals surface area (Å²) in [6.45, 7) is 0.543. The summed E-state index contributed by atoms with van der Waals surface area (Å²) >= 11 is 0. The first-order valence-corrected chi connectivity index (χ1v) is 8.25. The van der Waals surface area contributed by atoms with Gasteiger partial charge in [0, 0.05) is 0 Å². The van der Waals surface area contributed by atoms with Crippen molar-refractivity contribution in [1.82, 2.24) is 0 Å². The molecule has 0 fully saturated rings. The fraction of sp³-hybridized carbons (Fsp3) is 0.136. The van der Waals surface area contributed by atoms with E-state index in [4.69, 9.17) is 9.84 Å². The monoisotopic (exact) mass is 332 g/mol. The standard InChI is InChI=1S/C22H20O3/c23-22(24)15-20-9-5-4-8-19(20)14-17-10-12-21(13-11-17)25-16-18-6-2-1-3-7-18/h1-13H,14-16H2,(H,23,24). The number of benzene rings is 3. The summed E-state index contributed by atoms with van der Waals surface area (Å²) in [5, 5.41) is 9.03. The number of rotatable bonds is 7. The first-order chi connectivity index (χ1) is 12.2. The van der Waals surface area contributed by atoms with Gasteiger partial charge in [-0.05, 0) is 40.8 Å². The average Bonchev–Trinajstić information content (AvgIpc) is 2.63. The van der Waals surface area contributed by atoms with Crippen LogP contribution in [0.4, 0.5) is 0 Å². The van der Waals surface area contributed by atoms with Crippen molar-refractivity contribution in [3.63, 3.8) is 0 Å². The van der Waals surface area contributed by atoms with Crippen LogP contribution in [0.2, 0.25) is 0 Å². The largest absolute Gasteiger partial charge is 0.489 e. The lowest BCUT2D eigenvalue weighted by Crippen LogP contribution is -2.04. The highest BCUT2D eigenvalue weighted by Crippen LogP contribution is 2.19. The maximum absolute atomic E-state index is 11.0. The van der Waals surface area contributed by atoms with Crippen molar-refractivity contribution in [1.29, 1.82) is 0 Å². The third kappa shape index (κ3) is 4.95. The van der Waals surface area contributed by atoms with Gasteiger partial charge in [0.25, 0.3) is 0 Å². The van der Waals surface area contributed by atoms with Gasteiger partial charge in [-0.1, -0.05) is 66.7 Å². The third-order valence-corrected chi connectivity index (χ3v) is 4.03. The molecule has 3 aromatic carbocycles. The zero-order valence-corrected chi connectivity index (χ0v) is 13.9. The van der Waals surface area contributed by atoms with E-state index in [0.29, 0.717) is 13.0 Å². The maximum Gasteiger partial charge on any atom is 0.307 e. The Balaban J connectivity index is 1.64. The van der Waals surface area contributed by atoms with Crippen LogP contribution in [0.3, 0.4) is 0 Å². The van der Waals surface area contributed by atoms with Gasteiger partial charge in [-0.15, -0.1) is 0 Å². The molecule has 0 saturated carbocycles. The number of hydrogen-bond donors (Lipinski definition) is 1. The SMILES string of the molecule is O=C(O)Cc1ccccc1Cc1ccc(OCc2ccccc2)cc1. The molecule has 0 atom stereocenters. The topological polar surface area (TPSA) is 46.5 Å². The lowest BCUT2D eigenvalue weighted by atomic mass is 9.98. The summed E-state index contributed by atoms with van der Waals surface area (Å²) in [7, 11) is 0.